The van der Waals surface area contributed by atoms with Crippen LogP contribution in [0.5, 0.6) is 0 Å². The smallest absolute Gasteiger partial charge is 0.321 e. The van der Waals surface area contributed by atoms with Crippen molar-refractivity contribution in [2.45, 2.75) is 32.5 Å². The van der Waals surface area contributed by atoms with E-state index in [4.69, 9.17) is 9.84 Å². The van der Waals surface area contributed by atoms with E-state index >= 15 is 0 Å². The molecule has 1 rings (SSSR count). The summed E-state index contributed by atoms with van der Waals surface area (Å²) in [5.41, 5.74) is 0. The lowest BCUT2D eigenvalue weighted by molar-refractivity contribution is -0.146. The lowest BCUT2D eigenvalue weighted by Crippen LogP contribution is -2.48. The van der Waals surface area contributed by atoms with E-state index in [1.165, 1.54) is 6.92 Å². The average molecular weight is 287 g/mol. The highest BCUT2D eigenvalue weighted by Gasteiger charge is 2.29. The van der Waals surface area contributed by atoms with Crippen LogP contribution in [0.4, 0.5) is 4.79 Å². The molecule has 0 aliphatic carbocycles. The molecule has 0 saturated carbocycles. The maximum atomic E-state index is 11.7. The van der Waals surface area contributed by atoms with Crippen molar-refractivity contribution in [3.63, 3.8) is 0 Å². The Labute approximate surface area is 117 Å². The van der Waals surface area contributed by atoms with Gasteiger partial charge < -0.3 is 20.5 Å². The molecule has 20 heavy (non-hydrogen) atoms. The Balaban J connectivity index is 2.40. The summed E-state index contributed by atoms with van der Waals surface area (Å²) in [7, 11) is 0. The zero-order valence-corrected chi connectivity index (χ0v) is 11.6. The fourth-order valence-corrected chi connectivity index (χ4v) is 1.96. The second-order valence-corrected chi connectivity index (χ2v) is 4.68. The molecule has 0 bridgehead atoms. The first-order valence-corrected chi connectivity index (χ1v) is 6.61. The molecule has 1 heterocycles. The Hall–Kier alpha value is -1.67. The van der Waals surface area contributed by atoms with E-state index in [1.807, 2.05) is 0 Å². The van der Waals surface area contributed by atoms with Crippen LogP contribution >= 0.6 is 0 Å². The molecule has 0 radical (unpaired) electrons. The molecule has 1 aliphatic rings. The topological polar surface area (TPSA) is 117 Å². The van der Waals surface area contributed by atoms with Gasteiger partial charge in [0, 0.05) is 19.6 Å². The minimum Gasteiger partial charge on any atom is -0.481 e. The number of aliphatic carboxylic acids is 1. The SMILES string of the molecule is CCNC(=O)NC(=O)C(C)OC1CNCC(C(=O)O)C1. The standard InChI is InChI=1S/C12H21N3O5/c1-3-14-12(19)15-10(16)7(2)20-9-4-8(11(17)18)5-13-6-9/h7-9,13H,3-6H2,1-2H3,(H,17,18)(H2,14,15,16,19). The summed E-state index contributed by atoms with van der Waals surface area (Å²) >= 11 is 0. The second kappa shape index (κ2) is 7.81. The number of carboxylic acids is 1. The summed E-state index contributed by atoms with van der Waals surface area (Å²) in [6.45, 7) is 4.57. The van der Waals surface area contributed by atoms with Crippen LogP contribution < -0.4 is 16.0 Å². The summed E-state index contributed by atoms with van der Waals surface area (Å²) in [5.74, 6) is -1.95. The Morgan fingerprint density at radius 3 is 2.70 bits per heavy atom. The number of hydrogen-bond acceptors (Lipinski definition) is 5. The minimum absolute atomic E-state index is 0.348. The van der Waals surface area contributed by atoms with E-state index in [2.05, 4.69) is 16.0 Å². The minimum atomic E-state index is -0.884. The highest BCUT2D eigenvalue weighted by atomic mass is 16.5. The van der Waals surface area contributed by atoms with E-state index in [9.17, 15) is 14.4 Å². The maximum absolute atomic E-state index is 11.7. The molecule has 3 amide bonds. The van der Waals surface area contributed by atoms with Crippen molar-refractivity contribution in [2.24, 2.45) is 5.92 Å². The van der Waals surface area contributed by atoms with Gasteiger partial charge in [-0.3, -0.25) is 14.9 Å². The lowest BCUT2D eigenvalue weighted by Gasteiger charge is -2.29. The highest BCUT2D eigenvalue weighted by Crippen LogP contribution is 2.15. The third-order valence-electron chi connectivity index (χ3n) is 3.00. The van der Waals surface area contributed by atoms with Crippen LogP contribution in [0.25, 0.3) is 0 Å². The zero-order valence-electron chi connectivity index (χ0n) is 11.6. The molecule has 8 nitrogen and oxygen atoms in total. The van der Waals surface area contributed by atoms with Gasteiger partial charge in [-0.1, -0.05) is 0 Å². The number of urea groups is 1. The third-order valence-corrected chi connectivity index (χ3v) is 3.00. The maximum Gasteiger partial charge on any atom is 0.321 e. The van der Waals surface area contributed by atoms with Gasteiger partial charge in [-0.25, -0.2) is 4.79 Å². The predicted octanol–water partition coefficient (Wildman–Crippen LogP) is -0.700. The summed E-state index contributed by atoms with van der Waals surface area (Å²) in [4.78, 5) is 33.8. The summed E-state index contributed by atoms with van der Waals surface area (Å²) < 4.78 is 5.49. The van der Waals surface area contributed by atoms with Crippen LogP contribution in [-0.4, -0.2) is 54.9 Å². The van der Waals surface area contributed by atoms with Gasteiger partial charge in [-0.05, 0) is 20.3 Å². The molecule has 114 valence electrons. The summed E-state index contributed by atoms with van der Waals surface area (Å²) in [5, 5.41) is 16.5. The number of imide groups is 1. The van der Waals surface area contributed by atoms with Crippen LogP contribution in [0.15, 0.2) is 0 Å². The molecule has 0 spiro atoms. The van der Waals surface area contributed by atoms with Gasteiger partial charge in [0.25, 0.3) is 5.91 Å². The third kappa shape index (κ3) is 5.14. The van der Waals surface area contributed by atoms with Crippen LogP contribution in [0.1, 0.15) is 20.3 Å². The Bertz CT molecular complexity index is 374. The van der Waals surface area contributed by atoms with Crippen molar-refractivity contribution < 1.29 is 24.2 Å². The molecule has 4 N–H and O–H groups in total. The molecular weight excluding hydrogens is 266 g/mol. The fourth-order valence-electron chi connectivity index (χ4n) is 1.96. The summed E-state index contributed by atoms with van der Waals surface area (Å²) in [6.07, 6.45) is -0.835. The second-order valence-electron chi connectivity index (χ2n) is 4.68. The largest absolute Gasteiger partial charge is 0.481 e. The van der Waals surface area contributed by atoms with E-state index in [0.717, 1.165) is 0 Å². The number of amides is 3. The van der Waals surface area contributed by atoms with Gasteiger partial charge in [0.1, 0.15) is 6.10 Å². The quantitative estimate of drug-likeness (QED) is 0.531. The van der Waals surface area contributed by atoms with Gasteiger partial charge in [0.05, 0.1) is 12.0 Å². The van der Waals surface area contributed by atoms with Crippen LogP contribution in [0, 0.1) is 5.92 Å². The van der Waals surface area contributed by atoms with Crippen LogP contribution in [0.3, 0.4) is 0 Å². The zero-order chi connectivity index (χ0) is 15.1. The van der Waals surface area contributed by atoms with Gasteiger partial charge in [0.15, 0.2) is 0 Å². The highest BCUT2D eigenvalue weighted by molar-refractivity contribution is 5.96. The van der Waals surface area contributed by atoms with Gasteiger partial charge >= 0.3 is 12.0 Å². The number of hydrogen-bond donors (Lipinski definition) is 4. The Kier molecular flexibility index (Phi) is 6.40. The van der Waals surface area contributed by atoms with Crippen molar-refractivity contribution >= 4 is 17.9 Å². The first kappa shape index (κ1) is 16.4. The molecule has 3 atom stereocenters. The number of nitrogens with one attached hydrogen (secondary N) is 3. The first-order valence-electron chi connectivity index (χ1n) is 6.61. The van der Waals surface area contributed by atoms with Crippen molar-refractivity contribution in [1.29, 1.82) is 0 Å². The van der Waals surface area contributed by atoms with Crippen molar-refractivity contribution in [3.8, 4) is 0 Å². The first-order chi connectivity index (χ1) is 9.43. The molecule has 1 saturated heterocycles. The van der Waals surface area contributed by atoms with Crippen molar-refractivity contribution in [1.82, 2.24) is 16.0 Å². The van der Waals surface area contributed by atoms with Gasteiger partial charge in [-0.15, -0.1) is 0 Å². The van der Waals surface area contributed by atoms with Crippen molar-refractivity contribution in [3.05, 3.63) is 0 Å². The number of piperidine rings is 1. The van der Waals surface area contributed by atoms with Gasteiger partial charge in [-0.2, -0.15) is 0 Å². The van der Waals surface area contributed by atoms with Crippen LogP contribution in [-0.2, 0) is 14.3 Å². The Morgan fingerprint density at radius 1 is 1.40 bits per heavy atom. The summed E-state index contributed by atoms with van der Waals surface area (Å²) in [6, 6.07) is -0.571. The Morgan fingerprint density at radius 2 is 2.10 bits per heavy atom. The van der Waals surface area contributed by atoms with E-state index in [1.54, 1.807) is 6.92 Å². The van der Waals surface area contributed by atoms with E-state index < -0.39 is 29.9 Å². The molecule has 0 aromatic carbocycles. The van der Waals surface area contributed by atoms with E-state index in [-0.39, 0.29) is 6.10 Å². The number of carbonyl (C=O) groups excluding carboxylic acids is 2. The number of carboxylic acid groups (broad SMARTS) is 1. The molecule has 3 unspecified atom stereocenters. The molecule has 0 aromatic rings. The van der Waals surface area contributed by atoms with Crippen molar-refractivity contribution in [2.75, 3.05) is 19.6 Å². The number of ether oxygens (including phenoxy) is 1. The average Bonchev–Trinajstić information content (AvgIpc) is 2.39. The lowest BCUT2D eigenvalue weighted by atomic mass is 9.97. The molecule has 8 heteroatoms. The number of carbonyl (C=O) groups is 3. The molecular formula is C12H21N3O5. The number of rotatable bonds is 5. The van der Waals surface area contributed by atoms with E-state index in [0.29, 0.717) is 26.1 Å². The van der Waals surface area contributed by atoms with Gasteiger partial charge in [0.2, 0.25) is 0 Å². The molecule has 1 aliphatic heterocycles. The predicted molar refractivity (Wildman–Crippen MR) is 70.2 cm³/mol. The fraction of sp³-hybridized carbons (Fsp3) is 0.750. The monoisotopic (exact) mass is 287 g/mol. The normalized spacial score (nSPS) is 23.7. The van der Waals surface area contributed by atoms with Crippen LogP contribution in [0.2, 0.25) is 0 Å². The molecule has 1 fully saturated rings. The molecule has 0 aromatic heterocycles.